The van der Waals surface area contributed by atoms with Crippen LogP contribution in [0.5, 0.6) is 5.75 Å². The van der Waals surface area contributed by atoms with Gasteiger partial charge in [-0.05, 0) is 75.4 Å². The molecule has 1 amide bonds. The van der Waals surface area contributed by atoms with Crippen LogP contribution in [0.15, 0.2) is 54.6 Å². The van der Waals surface area contributed by atoms with Crippen molar-refractivity contribution in [3.63, 3.8) is 0 Å². The van der Waals surface area contributed by atoms with Gasteiger partial charge in [-0.25, -0.2) is 0 Å². The molecule has 0 aromatic heterocycles. The third-order valence-electron chi connectivity index (χ3n) is 7.98. The summed E-state index contributed by atoms with van der Waals surface area (Å²) in [5, 5.41) is 14.5. The number of unbranched alkanes of at least 4 members (excludes halogenated alkanes) is 2. The molecule has 2 aromatic carbocycles. The molecule has 4 rings (SSSR count). The zero-order valence-corrected chi connectivity index (χ0v) is 20.7. The number of aliphatic hydroxyl groups is 1. The van der Waals surface area contributed by atoms with Gasteiger partial charge in [-0.2, -0.15) is 0 Å². The highest BCUT2D eigenvalue weighted by Crippen LogP contribution is 2.49. The third kappa shape index (κ3) is 5.81. The van der Waals surface area contributed by atoms with E-state index in [2.05, 4.69) is 53.7 Å². The van der Waals surface area contributed by atoms with Crippen molar-refractivity contribution in [1.82, 2.24) is 10.2 Å². The van der Waals surface area contributed by atoms with Crippen LogP contribution < -0.4 is 10.1 Å². The highest BCUT2D eigenvalue weighted by Gasteiger charge is 2.51. The van der Waals surface area contributed by atoms with Crippen molar-refractivity contribution in [3.05, 3.63) is 65.7 Å². The highest BCUT2D eigenvalue weighted by molar-refractivity contribution is 5.76. The number of ether oxygens (including phenoxy) is 1. The number of benzene rings is 2. The molecule has 1 aliphatic heterocycles. The zero-order valence-electron chi connectivity index (χ0n) is 20.7. The van der Waals surface area contributed by atoms with E-state index >= 15 is 0 Å². The van der Waals surface area contributed by atoms with Crippen LogP contribution in [0.3, 0.4) is 0 Å². The second-order valence-electron chi connectivity index (χ2n) is 10.3. The third-order valence-corrected chi connectivity index (χ3v) is 7.98. The monoisotopic (exact) mass is 464 g/mol. The second kappa shape index (κ2) is 11.4. The molecule has 4 atom stereocenters. The van der Waals surface area contributed by atoms with Crippen molar-refractivity contribution < 1.29 is 14.6 Å². The van der Waals surface area contributed by atoms with E-state index in [1.807, 2.05) is 18.2 Å². The number of likely N-dealkylation sites (tertiary alicyclic amines) is 1. The normalized spacial score (nSPS) is 27.1. The van der Waals surface area contributed by atoms with E-state index in [9.17, 15) is 9.90 Å². The Hall–Kier alpha value is -2.37. The summed E-state index contributed by atoms with van der Waals surface area (Å²) in [5.74, 6) is 1.12. The standard InChI is InChI=1S/C29H40N2O3/c1-31-17-16-29(23-13-9-14-25(18-23)34-2)20-24(19-27(32)26(29)21-31)30-28(33)15-8-4-7-12-22-10-5-3-6-11-22/h3,5-6,9-11,13-14,18,24,26-27,32H,4,7-8,12,15-17,19-21H2,1-2H3,(H,30,33). The van der Waals surface area contributed by atoms with Gasteiger partial charge in [0.25, 0.3) is 0 Å². The molecular weight excluding hydrogens is 424 g/mol. The van der Waals surface area contributed by atoms with Crippen LogP contribution in [0.4, 0.5) is 0 Å². The van der Waals surface area contributed by atoms with E-state index in [4.69, 9.17) is 4.74 Å². The molecule has 5 nitrogen and oxygen atoms in total. The molecule has 34 heavy (non-hydrogen) atoms. The van der Waals surface area contributed by atoms with Gasteiger partial charge in [0, 0.05) is 30.3 Å². The number of rotatable bonds is 9. The number of carbonyl (C=O) groups excluding carboxylic acids is 1. The predicted molar refractivity (Wildman–Crippen MR) is 136 cm³/mol. The van der Waals surface area contributed by atoms with Crippen molar-refractivity contribution >= 4 is 5.91 Å². The number of aliphatic hydroxyl groups excluding tert-OH is 1. The first-order chi connectivity index (χ1) is 16.5. The number of piperidine rings is 1. The number of fused-ring (bicyclic) bond motifs is 1. The van der Waals surface area contributed by atoms with Gasteiger partial charge in [0.2, 0.25) is 5.91 Å². The van der Waals surface area contributed by atoms with E-state index in [0.717, 1.165) is 57.4 Å². The van der Waals surface area contributed by atoms with Crippen LogP contribution in [-0.4, -0.2) is 55.3 Å². The molecule has 184 valence electrons. The fourth-order valence-electron chi connectivity index (χ4n) is 6.15. The smallest absolute Gasteiger partial charge is 0.220 e. The fraction of sp³-hybridized carbons (Fsp3) is 0.552. The predicted octanol–water partition coefficient (Wildman–Crippen LogP) is 4.33. The topological polar surface area (TPSA) is 61.8 Å². The number of carbonyl (C=O) groups is 1. The van der Waals surface area contributed by atoms with Gasteiger partial charge in [0.1, 0.15) is 5.75 Å². The lowest BCUT2D eigenvalue weighted by Crippen LogP contribution is -2.60. The van der Waals surface area contributed by atoms with Crippen molar-refractivity contribution in [2.45, 2.75) is 68.9 Å². The number of hydrogen-bond donors (Lipinski definition) is 2. The largest absolute Gasteiger partial charge is 0.497 e. The van der Waals surface area contributed by atoms with Crippen LogP contribution in [0.25, 0.3) is 0 Å². The lowest BCUT2D eigenvalue weighted by atomic mass is 9.57. The fourth-order valence-corrected chi connectivity index (χ4v) is 6.15. The van der Waals surface area contributed by atoms with Gasteiger partial charge in [-0.1, -0.05) is 48.9 Å². The molecule has 0 spiro atoms. The van der Waals surface area contributed by atoms with Crippen molar-refractivity contribution in [3.8, 4) is 5.75 Å². The van der Waals surface area contributed by atoms with Crippen LogP contribution in [0, 0.1) is 5.92 Å². The first kappa shape index (κ1) is 24.7. The van der Waals surface area contributed by atoms with E-state index in [1.165, 1.54) is 11.1 Å². The van der Waals surface area contributed by atoms with Gasteiger partial charge >= 0.3 is 0 Å². The molecule has 2 fully saturated rings. The van der Waals surface area contributed by atoms with Crippen molar-refractivity contribution in [2.24, 2.45) is 5.92 Å². The van der Waals surface area contributed by atoms with Crippen LogP contribution >= 0.6 is 0 Å². The van der Waals surface area contributed by atoms with E-state index in [1.54, 1.807) is 7.11 Å². The average molecular weight is 465 g/mol. The van der Waals surface area contributed by atoms with Gasteiger partial charge in [-0.3, -0.25) is 4.79 Å². The molecule has 2 aromatic rings. The van der Waals surface area contributed by atoms with Crippen LogP contribution in [-0.2, 0) is 16.6 Å². The summed E-state index contributed by atoms with van der Waals surface area (Å²) < 4.78 is 5.51. The van der Waals surface area contributed by atoms with E-state index in [-0.39, 0.29) is 23.3 Å². The zero-order chi connectivity index (χ0) is 24.0. The molecule has 1 saturated carbocycles. The molecule has 2 aliphatic rings. The Balaban J connectivity index is 1.36. The Morgan fingerprint density at radius 3 is 2.76 bits per heavy atom. The summed E-state index contributed by atoms with van der Waals surface area (Å²) in [6.45, 7) is 1.86. The SMILES string of the molecule is COc1cccc(C23CCN(C)CC2C(O)CC(NC(=O)CCCCCc2ccccc2)C3)c1. The Kier molecular flexibility index (Phi) is 8.28. The molecular formula is C29H40N2O3. The van der Waals surface area contributed by atoms with Crippen molar-refractivity contribution in [1.29, 1.82) is 0 Å². The number of nitrogens with zero attached hydrogens (tertiary/aromatic N) is 1. The molecule has 0 radical (unpaired) electrons. The lowest BCUT2D eigenvalue weighted by Gasteiger charge is -2.54. The number of hydrogen-bond acceptors (Lipinski definition) is 4. The highest BCUT2D eigenvalue weighted by atomic mass is 16.5. The second-order valence-corrected chi connectivity index (χ2v) is 10.3. The Morgan fingerprint density at radius 2 is 1.97 bits per heavy atom. The Morgan fingerprint density at radius 1 is 1.15 bits per heavy atom. The first-order valence-electron chi connectivity index (χ1n) is 12.8. The molecule has 5 heteroatoms. The minimum absolute atomic E-state index is 0.00215. The summed E-state index contributed by atoms with van der Waals surface area (Å²) >= 11 is 0. The Labute approximate surface area is 204 Å². The van der Waals surface area contributed by atoms with Gasteiger partial charge in [0.15, 0.2) is 0 Å². The van der Waals surface area contributed by atoms with Crippen LogP contribution in [0.1, 0.15) is 56.1 Å². The summed E-state index contributed by atoms with van der Waals surface area (Å²) in [6, 6.07) is 18.8. The minimum atomic E-state index is -0.432. The van der Waals surface area contributed by atoms with Gasteiger partial charge in [0.05, 0.1) is 13.2 Å². The number of aryl methyl sites for hydroxylation is 1. The maximum absolute atomic E-state index is 12.8. The molecule has 1 aliphatic carbocycles. The Bertz CT molecular complexity index is 934. The van der Waals surface area contributed by atoms with Crippen LogP contribution in [0.2, 0.25) is 0 Å². The molecule has 0 bridgehead atoms. The van der Waals surface area contributed by atoms with E-state index in [0.29, 0.717) is 12.8 Å². The maximum Gasteiger partial charge on any atom is 0.220 e. The maximum atomic E-state index is 12.8. The first-order valence-corrected chi connectivity index (χ1v) is 12.8. The number of nitrogens with one attached hydrogen (secondary N) is 1. The molecule has 1 saturated heterocycles. The summed E-state index contributed by atoms with van der Waals surface area (Å²) in [7, 11) is 3.83. The summed E-state index contributed by atoms with van der Waals surface area (Å²) in [5.41, 5.74) is 2.44. The van der Waals surface area contributed by atoms with E-state index < -0.39 is 6.10 Å². The van der Waals surface area contributed by atoms with Gasteiger partial charge in [-0.15, -0.1) is 0 Å². The molecule has 2 N–H and O–H groups in total. The quantitative estimate of drug-likeness (QED) is 0.543. The van der Waals surface area contributed by atoms with Crippen molar-refractivity contribution in [2.75, 3.05) is 27.2 Å². The summed E-state index contributed by atoms with van der Waals surface area (Å²) in [4.78, 5) is 15.1. The summed E-state index contributed by atoms with van der Waals surface area (Å²) in [6.07, 6.45) is 6.73. The lowest BCUT2D eigenvalue weighted by molar-refractivity contribution is -0.123. The number of amides is 1. The molecule has 4 unspecified atom stereocenters. The minimum Gasteiger partial charge on any atom is -0.497 e. The van der Waals surface area contributed by atoms with Gasteiger partial charge < -0.3 is 20.1 Å². The number of methoxy groups -OCH3 is 1. The average Bonchev–Trinajstić information content (AvgIpc) is 2.85. The molecule has 1 heterocycles.